The molecule has 0 bridgehead atoms. The second-order valence-electron chi connectivity index (χ2n) is 7.23. The molecule has 2 aromatic carbocycles. The van der Waals surface area contributed by atoms with Gasteiger partial charge in [0.1, 0.15) is 0 Å². The molecule has 3 amide bonds. The SMILES string of the molecule is Cc1nnnn1-c1cccc(NC(=O)NCc2cccc(CN3CCCC3=O)c2)c1. The predicted molar refractivity (Wildman–Crippen MR) is 111 cm³/mol. The summed E-state index contributed by atoms with van der Waals surface area (Å²) in [6.07, 6.45) is 1.56. The highest BCUT2D eigenvalue weighted by atomic mass is 16.2. The largest absolute Gasteiger partial charge is 0.338 e. The second-order valence-corrected chi connectivity index (χ2v) is 7.23. The molecule has 1 aliphatic rings. The molecule has 2 N–H and O–H groups in total. The predicted octanol–water partition coefficient (Wildman–Crippen LogP) is 2.41. The number of nitrogens with one attached hydrogen (secondary N) is 2. The van der Waals surface area contributed by atoms with Crippen LogP contribution < -0.4 is 10.6 Å². The van der Waals surface area contributed by atoms with E-state index in [9.17, 15) is 9.59 Å². The summed E-state index contributed by atoms with van der Waals surface area (Å²) < 4.78 is 1.60. The maximum absolute atomic E-state index is 12.3. The molecule has 1 aromatic heterocycles. The number of aromatic nitrogens is 4. The van der Waals surface area contributed by atoms with Crippen LogP contribution in [0.25, 0.3) is 5.69 Å². The topological polar surface area (TPSA) is 105 Å². The maximum atomic E-state index is 12.3. The van der Waals surface area contributed by atoms with Crippen molar-refractivity contribution < 1.29 is 9.59 Å². The minimum atomic E-state index is -0.305. The molecule has 3 aromatic rings. The lowest BCUT2D eigenvalue weighted by Crippen LogP contribution is -2.28. The number of benzene rings is 2. The van der Waals surface area contributed by atoms with E-state index in [2.05, 4.69) is 26.2 Å². The van der Waals surface area contributed by atoms with Gasteiger partial charge in [-0.2, -0.15) is 4.68 Å². The Labute approximate surface area is 174 Å². The average molecular weight is 405 g/mol. The van der Waals surface area contributed by atoms with Gasteiger partial charge in [-0.15, -0.1) is 5.10 Å². The number of hydrogen-bond donors (Lipinski definition) is 2. The molecule has 9 heteroatoms. The lowest BCUT2D eigenvalue weighted by molar-refractivity contribution is -0.128. The van der Waals surface area contributed by atoms with Crippen molar-refractivity contribution in [2.24, 2.45) is 0 Å². The normalized spacial score (nSPS) is 13.5. The van der Waals surface area contributed by atoms with Crippen molar-refractivity contribution in [1.29, 1.82) is 0 Å². The number of tetrazole rings is 1. The van der Waals surface area contributed by atoms with Gasteiger partial charge in [-0.25, -0.2) is 4.79 Å². The van der Waals surface area contributed by atoms with Crippen molar-refractivity contribution in [3.05, 3.63) is 65.5 Å². The number of carbonyl (C=O) groups is 2. The van der Waals surface area contributed by atoms with Gasteiger partial charge in [-0.05, 0) is 53.1 Å². The first-order valence-corrected chi connectivity index (χ1v) is 9.84. The van der Waals surface area contributed by atoms with Crippen molar-refractivity contribution in [1.82, 2.24) is 30.4 Å². The third-order valence-corrected chi connectivity index (χ3v) is 4.96. The van der Waals surface area contributed by atoms with Crippen LogP contribution in [0.15, 0.2) is 48.5 Å². The highest BCUT2D eigenvalue weighted by molar-refractivity contribution is 5.89. The van der Waals surface area contributed by atoms with Gasteiger partial charge >= 0.3 is 6.03 Å². The van der Waals surface area contributed by atoms with Gasteiger partial charge < -0.3 is 15.5 Å². The Morgan fingerprint density at radius 1 is 1.13 bits per heavy atom. The maximum Gasteiger partial charge on any atom is 0.319 e. The fraction of sp³-hybridized carbons (Fsp3) is 0.286. The number of rotatable bonds is 6. The molecule has 0 atom stereocenters. The third-order valence-electron chi connectivity index (χ3n) is 4.96. The number of urea groups is 1. The molecule has 4 rings (SSSR count). The van der Waals surface area contributed by atoms with Crippen molar-refractivity contribution in [2.75, 3.05) is 11.9 Å². The highest BCUT2D eigenvalue weighted by Gasteiger charge is 2.19. The Bertz CT molecular complexity index is 1060. The Morgan fingerprint density at radius 2 is 1.97 bits per heavy atom. The van der Waals surface area contributed by atoms with Crippen LogP contribution in [0, 0.1) is 6.92 Å². The van der Waals surface area contributed by atoms with Crippen molar-refractivity contribution >= 4 is 17.6 Å². The molecule has 0 spiro atoms. The fourth-order valence-electron chi connectivity index (χ4n) is 3.47. The minimum Gasteiger partial charge on any atom is -0.338 e. The standard InChI is InChI=1S/C21H23N7O2/c1-15-24-25-26-28(15)19-8-3-7-18(12-19)23-21(30)22-13-16-5-2-6-17(11-16)14-27-10-4-9-20(27)29/h2-3,5-8,11-12H,4,9-10,13-14H2,1H3,(H2,22,23,30). The Hall–Kier alpha value is -3.75. The van der Waals surface area contributed by atoms with Crippen LogP contribution in [-0.4, -0.2) is 43.6 Å². The molecule has 1 fully saturated rings. The molecular weight excluding hydrogens is 382 g/mol. The highest BCUT2D eigenvalue weighted by Crippen LogP contribution is 2.16. The number of amides is 3. The van der Waals surface area contributed by atoms with Gasteiger partial charge in [-0.3, -0.25) is 4.79 Å². The first kappa shape index (κ1) is 19.6. The molecule has 0 radical (unpaired) electrons. The number of hydrogen-bond acceptors (Lipinski definition) is 5. The first-order valence-electron chi connectivity index (χ1n) is 9.84. The summed E-state index contributed by atoms with van der Waals surface area (Å²) in [5.41, 5.74) is 3.45. The molecule has 0 unspecified atom stereocenters. The van der Waals surface area contributed by atoms with E-state index in [0.29, 0.717) is 31.0 Å². The fourth-order valence-corrected chi connectivity index (χ4v) is 3.47. The van der Waals surface area contributed by atoms with Gasteiger partial charge in [-0.1, -0.05) is 30.3 Å². The summed E-state index contributed by atoms with van der Waals surface area (Å²) in [6.45, 7) is 3.62. The number of aryl methyl sites for hydroxylation is 1. The molecule has 30 heavy (non-hydrogen) atoms. The van der Waals surface area contributed by atoms with Crippen LogP contribution in [0.4, 0.5) is 10.5 Å². The zero-order chi connectivity index (χ0) is 20.9. The van der Waals surface area contributed by atoms with Gasteiger partial charge in [0.15, 0.2) is 5.82 Å². The average Bonchev–Trinajstić information content (AvgIpc) is 3.35. The van der Waals surface area contributed by atoms with Crippen LogP contribution in [0.1, 0.15) is 29.8 Å². The van der Waals surface area contributed by atoms with E-state index in [1.54, 1.807) is 23.7 Å². The quantitative estimate of drug-likeness (QED) is 0.655. The summed E-state index contributed by atoms with van der Waals surface area (Å²) in [4.78, 5) is 26.0. The molecule has 1 aliphatic heterocycles. The summed E-state index contributed by atoms with van der Waals surface area (Å²) >= 11 is 0. The number of likely N-dealkylation sites (tertiary alicyclic amines) is 1. The molecule has 2 heterocycles. The van der Waals surface area contributed by atoms with E-state index in [0.717, 1.165) is 29.8 Å². The van der Waals surface area contributed by atoms with E-state index in [1.807, 2.05) is 41.3 Å². The number of carbonyl (C=O) groups excluding carboxylic acids is 2. The zero-order valence-corrected chi connectivity index (χ0v) is 16.7. The summed E-state index contributed by atoms with van der Waals surface area (Å²) in [6, 6.07) is 14.9. The minimum absolute atomic E-state index is 0.206. The lowest BCUT2D eigenvalue weighted by Gasteiger charge is -2.16. The number of anilines is 1. The summed E-state index contributed by atoms with van der Waals surface area (Å²) in [5.74, 6) is 0.865. The Morgan fingerprint density at radius 3 is 2.73 bits per heavy atom. The monoisotopic (exact) mass is 405 g/mol. The molecule has 9 nitrogen and oxygen atoms in total. The Kier molecular flexibility index (Phi) is 5.69. The third kappa shape index (κ3) is 4.62. The smallest absolute Gasteiger partial charge is 0.319 e. The van der Waals surface area contributed by atoms with Crippen LogP contribution in [0.3, 0.4) is 0 Å². The van der Waals surface area contributed by atoms with E-state index in [1.165, 1.54) is 0 Å². The van der Waals surface area contributed by atoms with E-state index < -0.39 is 0 Å². The number of nitrogens with zero attached hydrogens (tertiary/aromatic N) is 5. The van der Waals surface area contributed by atoms with E-state index >= 15 is 0 Å². The van der Waals surface area contributed by atoms with Crippen LogP contribution >= 0.6 is 0 Å². The summed E-state index contributed by atoms with van der Waals surface area (Å²) in [5, 5.41) is 17.1. The molecule has 154 valence electrons. The van der Waals surface area contributed by atoms with Gasteiger partial charge in [0.05, 0.1) is 5.69 Å². The van der Waals surface area contributed by atoms with Crippen LogP contribution in [-0.2, 0) is 17.9 Å². The van der Waals surface area contributed by atoms with Crippen LogP contribution in [0.2, 0.25) is 0 Å². The molecular formula is C21H23N7O2. The lowest BCUT2D eigenvalue weighted by atomic mass is 10.1. The van der Waals surface area contributed by atoms with Crippen molar-refractivity contribution in [2.45, 2.75) is 32.9 Å². The van der Waals surface area contributed by atoms with Crippen LogP contribution in [0.5, 0.6) is 0 Å². The second kappa shape index (κ2) is 8.73. The summed E-state index contributed by atoms with van der Waals surface area (Å²) in [7, 11) is 0. The van der Waals surface area contributed by atoms with Gasteiger partial charge in [0.2, 0.25) is 5.91 Å². The Balaban J connectivity index is 1.33. The van der Waals surface area contributed by atoms with E-state index in [4.69, 9.17) is 0 Å². The van der Waals surface area contributed by atoms with Crippen molar-refractivity contribution in [3.8, 4) is 5.69 Å². The van der Waals surface area contributed by atoms with Crippen molar-refractivity contribution in [3.63, 3.8) is 0 Å². The van der Waals surface area contributed by atoms with Gasteiger partial charge in [0.25, 0.3) is 0 Å². The van der Waals surface area contributed by atoms with E-state index in [-0.39, 0.29) is 11.9 Å². The molecule has 0 aliphatic carbocycles. The first-order chi connectivity index (χ1) is 14.6. The zero-order valence-electron chi connectivity index (χ0n) is 16.7. The molecule has 0 saturated carbocycles. The van der Waals surface area contributed by atoms with Gasteiger partial charge in [0, 0.05) is 31.7 Å². The molecule has 1 saturated heterocycles.